The Hall–Kier alpha value is -9.55. The number of sulfonamides is 3. The van der Waals surface area contributed by atoms with E-state index in [4.69, 9.17) is 39.9 Å². The van der Waals surface area contributed by atoms with Crippen molar-refractivity contribution in [2.75, 3.05) is 52.6 Å². The maximum absolute atomic E-state index is 13.3. The van der Waals surface area contributed by atoms with Gasteiger partial charge in [-0.1, -0.05) is 120 Å². The van der Waals surface area contributed by atoms with E-state index in [1.807, 2.05) is 20.8 Å². The van der Waals surface area contributed by atoms with Crippen molar-refractivity contribution in [3.05, 3.63) is 414 Å². The third-order valence-corrected chi connectivity index (χ3v) is 23.8. The molecule has 49 heteroatoms. The first kappa shape index (κ1) is 126. The molecular weight excluding hydrogens is 2070 g/mol. The summed E-state index contributed by atoms with van der Waals surface area (Å²) in [7, 11) is -4.69. The zero-order valence-corrected chi connectivity index (χ0v) is 88.9. The standard InChI is InChI=1S/C25H29N3O6S3.C16H16N2O5.C14H13ClN2O3.C14H14N2O4.C9H9NO3.C7H6NO2.C7H5NO2.BrH.Cl2OS.Mg.2Na/c1-20-4-10-23(11-5-20)35(29,30)26-16-18-28(37(33,34)25-14-8-22(3)9-15-25)19-17-27-36(31,32)24-12-6-21(2)7-13-24;19-15(10-11-4-6-12(7-5-11)18(20)21)13-2-1-3-14(17-13)16-22-8-9-23-16;15-9-11-2-1-3-13(16-11)14(18)8-10-4-6-12(7-5-10)17(19)20;17-9-11-2-1-3-13(15-11)14(18)8-10-4-6-12(7-5-10)16(19)20;11-6-7-2-1-3-8(10-7)9-12-4-5-13-9;1-6-2-4-7(5-3-6)8(9)10;9-4-6-2-1-3-7(5-10)8-6;;1-4(2)3;;;/h4-15H,16-19H2,1-3H3;1-7,15-16,19H,8-10H2;1-7,14,18H,8-9H2;1-7,14,17-18H,8-9H2;1-3,6,9H,4-5H2;2-5H,1H2;1-5H;1H;;;;/q-2;;;;;-1;;;;+2;2*+1/p-1. The van der Waals surface area contributed by atoms with Crippen LogP contribution >= 0.6 is 33.0 Å². The minimum Gasteiger partial charge on any atom is -1.00 e. The molecule has 5 aromatic heterocycles. The van der Waals surface area contributed by atoms with Crippen molar-refractivity contribution >= 4 is 137 Å². The molecule has 38 nitrogen and oxygen atoms in total. The first-order valence-electron chi connectivity index (χ1n) is 40.8. The van der Waals surface area contributed by atoms with Crippen LogP contribution in [0.25, 0.3) is 9.44 Å². The van der Waals surface area contributed by atoms with Gasteiger partial charge in [0.05, 0.1) is 122 Å². The minimum absolute atomic E-state index is 0. The van der Waals surface area contributed by atoms with Crippen LogP contribution < -0.4 is 76.1 Å². The van der Waals surface area contributed by atoms with Crippen LogP contribution in [0.4, 0.5) is 22.7 Å². The fourth-order valence-corrected chi connectivity index (χ4v) is 15.3. The van der Waals surface area contributed by atoms with E-state index in [2.05, 4.69) is 62.7 Å². The summed E-state index contributed by atoms with van der Waals surface area (Å²) < 4.78 is 116. The smallest absolute Gasteiger partial charge is 1.00 e. The fraction of sp³-hybridized carbons (Fsp3) is 0.228. The van der Waals surface area contributed by atoms with Crippen molar-refractivity contribution in [3.8, 4) is 0 Å². The number of rotatable bonds is 32. The number of pyridine rings is 5. The van der Waals surface area contributed by atoms with Crippen molar-refractivity contribution in [3.63, 3.8) is 0 Å². The number of carbonyl (C=O) groups is 3. The second-order valence-electron chi connectivity index (χ2n) is 28.9. The van der Waals surface area contributed by atoms with E-state index in [0.29, 0.717) is 110 Å². The summed E-state index contributed by atoms with van der Waals surface area (Å²) in [5.41, 5.74) is 10.9. The Morgan fingerprint density at radius 1 is 0.440 bits per heavy atom. The summed E-state index contributed by atoms with van der Waals surface area (Å²) >= 11 is 5.70. The van der Waals surface area contributed by atoms with E-state index in [9.17, 15) is 95.4 Å². The summed E-state index contributed by atoms with van der Waals surface area (Å²) in [5, 5.41) is 81.4. The van der Waals surface area contributed by atoms with Gasteiger partial charge >= 0.3 is 82.2 Å². The van der Waals surface area contributed by atoms with Gasteiger partial charge in [0.15, 0.2) is 18.9 Å². The Bertz CT molecular complexity index is 6130. The Kier molecular flexibility index (Phi) is 57.9. The van der Waals surface area contributed by atoms with Crippen LogP contribution in [0.3, 0.4) is 0 Å². The Morgan fingerprint density at radius 3 is 1.05 bits per heavy atom. The molecule has 141 heavy (non-hydrogen) atoms. The number of aldehydes is 3. The van der Waals surface area contributed by atoms with Gasteiger partial charge in [0.25, 0.3) is 17.1 Å². The maximum Gasteiger partial charge on any atom is 2.00 e. The summed E-state index contributed by atoms with van der Waals surface area (Å²) in [6.07, 6.45) is -0.391. The number of alkyl halides is 1. The first-order chi connectivity index (χ1) is 65.3. The number of aliphatic hydroxyl groups is 4. The molecule has 0 radical (unpaired) electrons. The fourth-order valence-electron chi connectivity index (χ4n) is 11.8. The maximum atomic E-state index is 13.3. The van der Waals surface area contributed by atoms with Gasteiger partial charge in [-0.05, 0) is 160 Å². The normalized spacial score (nSPS) is 12.6. The molecule has 12 aromatic rings. The molecule has 0 spiro atoms. The first-order valence-corrected chi connectivity index (χ1v) is 48.4. The average Bonchev–Trinajstić information content (AvgIpc) is 1.04. The summed E-state index contributed by atoms with van der Waals surface area (Å²) in [6.45, 7) is 9.87. The molecule has 7 heterocycles. The van der Waals surface area contributed by atoms with Crippen molar-refractivity contribution in [2.24, 2.45) is 0 Å². The van der Waals surface area contributed by atoms with Crippen LogP contribution in [-0.2, 0) is 90.0 Å². The van der Waals surface area contributed by atoms with Crippen molar-refractivity contribution < 1.29 is 179 Å². The number of hydrogen-bond donors (Lipinski definition) is 4. The molecule has 14 rings (SSSR count). The van der Waals surface area contributed by atoms with Crippen LogP contribution in [0.15, 0.2) is 276 Å². The van der Waals surface area contributed by atoms with Crippen LogP contribution in [0.1, 0.15) is 141 Å². The molecule has 7 aromatic carbocycles. The van der Waals surface area contributed by atoms with Crippen LogP contribution in [0, 0.1) is 68.2 Å². The minimum atomic E-state index is -4.07. The molecule has 2 aliphatic rings. The number of halogens is 4. The summed E-state index contributed by atoms with van der Waals surface area (Å²) in [5.74, 6) is 0.290. The summed E-state index contributed by atoms with van der Waals surface area (Å²) in [6, 6.07) is 68.4. The van der Waals surface area contributed by atoms with Gasteiger partial charge in [-0.15, -0.1) is 24.7 Å². The molecule has 0 bridgehead atoms. The van der Waals surface area contributed by atoms with E-state index in [1.165, 1.54) is 84.9 Å². The molecule has 732 valence electrons. The number of aliphatic hydroxyl groups excluding tert-OH is 4. The molecule has 0 amide bonds. The van der Waals surface area contributed by atoms with E-state index < -0.39 is 89.9 Å². The number of carbonyl (C=O) groups excluding carboxylic acids is 3. The van der Waals surface area contributed by atoms with Crippen molar-refractivity contribution in [1.82, 2.24) is 29.2 Å². The zero-order chi connectivity index (χ0) is 100. The molecule has 4 N–H and O–H groups in total. The second kappa shape index (κ2) is 65.0. The SMILES string of the molecule is Cc1ccc(S(=O)(=O)[N-]CCN(CC[N-]S(=O)(=O)c2ccc(C)cc2)S(=O)(=O)c2ccc(C)cc2)cc1.O=Cc1cccc(C2OCCO2)n1.O=Cc1cccc(C=O)n1.O=S(Cl)Cl.O=[N+]([O-])c1ccc(CC(O)c2cccc(C3OCCO3)n2)cc1.O=[N+]([O-])c1ccc(CC(O)c2cccc(CCl)n2)cc1.O=[N+]([O-])c1ccc(CC(O)c2cccc(CO)n2)cc1.[Br-].[CH2-]c1ccc([N+](=O)[O-])cc1.[Mg+2].[Na+].[Na+]. The Balaban J connectivity index is 0.000000435. The van der Waals surface area contributed by atoms with Gasteiger partial charge in [-0.2, -0.15) is 24.6 Å². The number of aromatic nitrogens is 5. The van der Waals surface area contributed by atoms with Gasteiger partial charge < -0.3 is 65.8 Å². The van der Waals surface area contributed by atoms with Crippen molar-refractivity contribution in [2.45, 2.75) is 98.1 Å². The van der Waals surface area contributed by atoms with E-state index in [-0.39, 0.29) is 187 Å². The average molecular weight is 2170 g/mol. The Labute approximate surface area is 900 Å². The molecule has 2 saturated heterocycles. The summed E-state index contributed by atoms with van der Waals surface area (Å²) in [4.78, 5) is 91.2. The van der Waals surface area contributed by atoms with Crippen LogP contribution in [0.2, 0.25) is 0 Å². The third kappa shape index (κ3) is 44.3. The van der Waals surface area contributed by atoms with Crippen LogP contribution in [-0.4, -0.2) is 193 Å². The van der Waals surface area contributed by atoms with Gasteiger partial charge in [-0.3, -0.25) is 64.8 Å². The monoisotopic (exact) mass is 2160 g/mol. The van der Waals surface area contributed by atoms with E-state index in [1.54, 1.807) is 176 Å². The quantitative estimate of drug-likeness (QED) is 0.00683. The zero-order valence-electron chi connectivity index (χ0n) is 76.3. The predicted octanol–water partition coefficient (Wildman–Crippen LogP) is 6.30. The molecule has 2 fully saturated rings. The number of aryl methyl sites for hydroxylation is 3. The number of nitrogens with zero attached hydrogens (tertiary/aromatic N) is 12. The number of nitro benzene ring substituents is 4. The molecule has 3 atom stereocenters. The third-order valence-electron chi connectivity index (χ3n) is 18.8. The second-order valence-corrected chi connectivity index (χ2v) is 37.0. The predicted molar refractivity (Wildman–Crippen MR) is 514 cm³/mol. The molecule has 0 saturated carbocycles. The van der Waals surface area contributed by atoms with Crippen LogP contribution in [0.5, 0.6) is 0 Å². The van der Waals surface area contributed by atoms with Gasteiger partial charge in [-0.25, -0.2) is 48.7 Å². The molecule has 0 aliphatic carbocycles. The number of hydrogen-bond acceptors (Lipinski definition) is 31. The molecular formula is C92H92BrCl3MgN12Na2O26S4. The molecule has 3 unspecified atom stereocenters. The molecule has 2 aliphatic heterocycles. The van der Waals surface area contributed by atoms with Gasteiger partial charge in [0.1, 0.15) is 37.1 Å². The largest absolute Gasteiger partial charge is 2.00 e. The van der Waals surface area contributed by atoms with Gasteiger partial charge in [0.2, 0.25) is 37.5 Å². The number of non-ortho nitro benzene ring substituents is 4. The number of ether oxygens (including phenoxy) is 4. The van der Waals surface area contributed by atoms with E-state index in [0.717, 1.165) is 43.2 Å². The topological polar surface area (TPSA) is 557 Å². The number of benzene rings is 7. The van der Waals surface area contributed by atoms with Gasteiger partial charge in [0, 0.05) is 86.8 Å². The number of nitro groups is 4. The Morgan fingerprint density at radius 2 is 0.723 bits per heavy atom. The van der Waals surface area contributed by atoms with Crippen molar-refractivity contribution in [1.29, 1.82) is 0 Å². The van der Waals surface area contributed by atoms with E-state index >= 15 is 0 Å².